The van der Waals surface area contributed by atoms with Crippen LogP contribution >= 0.6 is 11.3 Å². The number of carbonyl (C=O) groups is 1. The van der Waals surface area contributed by atoms with Gasteiger partial charge in [0.15, 0.2) is 5.96 Å². The Labute approximate surface area is 198 Å². The van der Waals surface area contributed by atoms with Gasteiger partial charge in [-0.05, 0) is 60.4 Å². The highest BCUT2D eigenvalue weighted by molar-refractivity contribution is 7.88. The predicted octanol–water partition coefficient (Wildman–Crippen LogP) is 2.58. The second-order valence-corrected chi connectivity index (χ2v) is 11.8. The van der Waals surface area contributed by atoms with Gasteiger partial charge in [-0.25, -0.2) is 17.7 Å². The molecule has 0 bridgehead atoms. The van der Waals surface area contributed by atoms with Crippen LogP contribution in [0.4, 0.5) is 0 Å². The van der Waals surface area contributed by atoms with Crippen LogP contribution in [0.5, 0.6) is 0 Å². The average molecular weight is 486 g/mol. The summed E-state index contributed by atoms with van der Waals surface area (Å²) in [6.45, 7) is 2.73. The number of nitrogens with zero attached hydrogens (tertiary/aromatic N) is 4. The largest absolute Gasteiger partial charge is 0.369 e. The van der Waals surface area contributed by atoms with Crippen molar-refractivity contribution in [2.75, 3.05) is 26.4 Å². The van der Waals surface area contributed by atoms with E-state index in [0.717, 1.165) is 16.0 Å². The quantitative estimate of drug-likeness (QED) is 0.714. The van der Waals surface area contributed by atoms with Crippen molar-refractivity contribution in [1.29, 1.82) is 5.26 Å². The molecular formula is C23H27N5O3S2. The topological polar surface area (TPSA) is 120 Å². The molecule has 2 aliphatic heterocycles. The smallest absolute Gasteiger partial charge is 0.235 e. The Kier molecular flexibility index (Phi) is 6.07. The van der Waals surface area contributed by atoms with Crippen LogP contribution < -0.4 is 5.73 Å². The van der Waals surface area contributed by atoms with Gasteiger partial charge in [-0.15, -0.1) is 11.3 Å². The van der Waals surface area contributed by atoms with Crippen molar-refractivity contribution in [2.24, 2.45) is 22.6 Å². The number of thiophene rings is 1. The summed E-state index contributed by atoms with van der Waals surface area (Å²) in [5.74, 6) is -0.390. The van der Waals surface area contributed by atoms with E-state index < -0.39 is 21.5 Å². The second kappa shape index (κ2) is 8.56. The standard InChI is InChI=1S/C23H27N5O3S2/c1-23(19-12-18(14-32-19)17-6-4-5-15(11-17)13-24)20(21(29)27(2)22(25)26-23)16-7-9-28(10-8-16)33(3,30)31/h4-6,11-12,14,16,20H,7-10H2,1-3H3,(H2,25,26)/t20-,23+/m0/s1. The van der Waals surface area contributed by atoms with Gasteiger partial charge < -0.3 is 5.73 Å². The van der Waals surface area contributed by atoms with Gasteiger partial charge in [-0.3, -0.25) is 9.69 Å². The molecule has 2 atom stereocenters. The summed E-state index contributed by atoms with van der Waals surface area (Å²) in [5, 5.41) is 11.2. The van der Waals surface area contributed by atoms with Gasteiger partial charge in [0, 0.05) is 25.0 Å². The third-order valence-corrected chi connectivity index (χ3v) is 9.22. The normalized spacial score (nSPS) is 25.0. The Morgan fingerprint density at radius 1 is 1.24 bits per heavy atom. The van der Waals surface area contributed by atoms with Crippen molar-refractivity contribution < 1.29 is 13.2 Å². The lowest BCUT2D eigenvalue weighted by atomic mass is 9.71. The minimum atomic E-state index is -3.26. The number of amides is 1. The molecule has 3 heterocycles. The van der Waals surface area contributed by atoms with Crippen LogP contribution in [0.15, 0.2) is 40.7 Å². The molecule has 2 aliphatic rings. The summed E-state index contributed by atoms with van der Waals surface area (Å²) >= 11 is 1.52. The number of nitriles is 1. The monoisotopic (exact) mass is 485 g/mol. The Balaban J connectivity index is 1.71. The number of rotatable bonds is 4. The highest BCUT2D eigenvalue weighted by Gasteiger charge is 2.51. The molecule has 2 N–H and O–H groups in total. The lowest BCUT2D eigenvalue weighted by Crippen LogP contribution is -2.57. The van der Waals surface area contributed by atoms with Gasteiger partial charge in [-0.2, -0.15) is 5.26 Å². The summed E-state index contributed by atoms with van der Waals surface area (Å²) < 4.78 is 25.4. The van der Waals surface area contributed by atoms with Crippen LogP contribution in [-0.2, 0) is 20.4 Å². The molecule has 1 fully saturated rings. The van der Waals surface area contributed by atoms with Gasteiger partial charge in [0.2, 0.25) is 15.9 Å². The van der Waals surface area contributed by atoms with Crippen LogP contribution in [0.1, 0.15) is 30.2 Å². The van der Waals surface area contributed by atoms with Crippen LogP contribution in [0.3, 0.4) is 0 Å². The average Bonchev–Trinajstić information content (AvgIpc) is 3.29. The SMILES string of the molecule is CN1C(=O)[C@H](C2CCN(S(C)(=O)=O)CC2)[C@@](C)(c2cc(-c3cccc(C#N)c3)cs2)N=C1N. The Morgan fingerprint density at radius 2 is 1.94 bits per heavy atom. The first kappa shape index (κ1) is 23.4. The molecule has 1 saturated heterocycles. The second-order valence-electron chi connectivity index (χ2n) is 8.88. The van der Waals surface area contributed by atoms with E-state index in [2.05, 4.69) is 6.07 Å². The summed E-state index contributed by atoms with van der Waals surface area (Å²) in [4.78, 5) is 20.6. The van der Waals surface area contributed by atoms with Crippen LogP contribution in [0.2, 0.25) is 0 Å². The van der Waals surface area contributed by atoms with Gasteiger partial charge in [0.05, 0.1) is 23.8 Å². The molecule has 0 spiro atoms. The van der Waals surface area contributed by atoms with Gasteiger partial charge in [0.25, 0.3) is 0 Å². The molecule has 0 unspecified atom stereocenters. The van der Waals surface area contributed by atoms with E-state index in [9.17, 15) is 18.5 Å². The fourth-order valence-corrected chi connectivity index (χ4v) is 6.81. The van der Waals surface area contributed by atoms with Crippen LogP contribution in [-0.4, -0.2) is 55.9 Å². The fraction of sp³-hybridized carbons (Fsp3) is 0.435. The third-order valence-electron chi connectivity index (χ3n) is 6.75. The number of aliphatic imine (C=N–C) groups is 1. The molecule has 4 rings (SSSR count). The molecule has 33 heavy (non-hydrogen) atoms. The Morgan fingerprint density at radius 3 is 2.58 bits per heavy atom. The first-order chi connectivity index (χ1) is 15.5. The summed E-state index contributed by atoms with van der Waals surface area (Å²) in [6.07, 6.45) is 2.39. The summed E-state index contributed by atoms with van der Waals surface area (Å²) in [6, 6.07) is 11.6. The van der Waals surface area contributed by atoms with Crippen molar-refractivity contribution in [1.82, 2.24) is 9.21 Å². The zero-order valence-corrected chi connectivity index (χ0v) is 20.5. The highest BCUT2D eigenvalue weighted by Crippen LogP contribution is 2.47. The van der Waals surface area contributed by atoms with E-state index in [-0.39, 0.29) is 17.8 Å². The van der Waals surface area contributed by atoms with E-state index in [0.29, 0.717) is 31.5 Å². The highest BCUT2D eigenvalue weighted by atomic mass is 32.2. The number of piperidine rings is 1. The fourth-order valence-electron chi connectivity index (χ4n) is 4.88. The van der Waals surface area contributed by atoms with Gasteiger partial charge >= 0.3 is 0 Å². The number of carbonyl (C=O) groups excluding carboxylic acids is 1. The van der Waals surface area contributed by atoms with E-state index in [1.807, 2.05) is 36.6 Å². The third kappa shape index (κ3) is 4.28. The maximum atomic E-state index is 13.5. The van der Waals surface area contributed by atoms with Crippen molar-refractivity contribution >= 4 is 33.2 Å². The minimum Gasteiger partial charge on any atom is -0.369 e. The Hall–Kier alpha value is -2.74. The molecule has 1 amide bonds. The predicted molar refractivity (Wildman–Crippen MR) is 129 cm³/mol. The van der Waals surface area contributed by atoms with Crippen molar-refractivity contribution in [3.8, 4) is 17.2 Å². The van der Waals surface area contributed by atoms with E-state index in [1.165, 1.54) is 26.8 Å². The molecule has 174 valence electrons. The lowest BCUT2D eigenvalue weighted by molar-refractivity contribution is -0.137. The Bertz CT molecular complexity index is 1250. The molecule has 10 heteroatoms. The van der Waals surface area contributed by atoms with Crippen LogP contribution in [0, 0.1) is 23.2 Å². The van der Waals surface area contributed by atoms with Crippen molar-refractivity contribution in [2.45, 2.75) is 25.3 Å². The van der Waals surface area contributed by atoms with Crippen LogP contribution in [0.25, 0.3) is 11.1 Å². The number of hydrogen-bond acceptors (Lipinski definition) is 7. The molecular weight excluding hydrogens is 458 g/mol. The number of guanidine groups is 1. The first-order valence-electron chi connectivity index (χ1n) is 10.7. The van der Waals surface area contributed by atoms with E-state index in [4.69, 9.17) is 10.7 Å². The summed E-state index contributed by atoms with van der Waals surface area (Å²) in [7, 11) is -1.63. The molecule has 0 saturated carbocycles. The number of nitrogens with two attached hydrogens (primary N) is 1. The van der Waals surface area contributed by atoms with Gasteiger partial charge in [0.1, 0.15) is 5.54 Å². The first-order valence-corrected chi connectivity index (χ1v) is 13.4. The lowest BCUT2D eigenvalue weighted by Gasteiger charge is -2.45. The van der Waals surface area contributed by atoms with E-state index in [1.54, 1.807) is 13.1 Å². The van der Waals surface area contributed by atoms with Crippen molar-refractivity contribution in [3.63, 3.8) is 0 Å². The number of hydrogen-bond donors (Lipinski definition) is 1. The molecule has 1 aromatic heterocycles. The molecule has 8 nitrogen and oxygen atoms in total. The van der Waals surface area contributed by atoms with E-state index >= 15 is 0 Å². The number of sulfonamides is 1. The molecule has 1 aromatic carbocycles. The molecule has 2 aromatic rings. The minimum absolute atomic E-state index is 0.0210. The number of benzene rings is 1. The van der Waals surface area contributed by atoms with Gasteiger partial charge in [-0.1, -0.05) is 12.1 Å². The van der Waals surface area contributed by atoms with Crippen molar-refractivity contribution in [3.05, 3.63) is 46.2 Å². The zero-order chi connectivity index (χ0) is 24.0. The molecule has 0 radical (unpaired) electrons. The maximum absolute atomic E-state index is 13.5. The maximum Gasteiger partial charge on any atom is 0.235 e. The zero-order valence-electron chi connectivity index (χ0n) is 18.9. The summed E-state index contributed by atoms with van der Waals surface area (Å²) in [5.41, 5.74) is 7.75. The molecule has 0 aliphatic carbocycles.